The topological polar surface area (TPSA) is 178 Å². The van der Waals surface area contributed by atoms with Crippen molar-refractivity contribution in [3.8, 4) is 17.2 Å². The maximum Gasteiger partial charge on any atom is 0.244 e. The highest BCUT2D eigenvalue weighted by molar-refractivity contribution is 5.92. The smallest absolute Gasteiger partial charge is 0.244 e. The number of aromatic amines is 1. The fraction of sp³-hybridized carbons (Fsp3) is 0.263. The van der Waals surface area contributed by atoms with Crippen LogP contribution in [0.3, 0.4) is 0 Å². The van der Waals surface area contributed by atoms with Crippen molar-refractivity contribution in [2.75, 3.05) is 32.7 Å². The van der Waals surface area contributed by atoms with Gasteiger partial charge in [0, 0.05) is 35.8 Å². The number of hydrogen-bond acceptors (Lipinski definition) is 11. The average Bonchev–Trinajstić information content (AvgIpc) is 3.88. The molecule has 4 atom stereocenters. The van der Waals surface area contributed by atoms with Gasteiger partial charge in [-0.15, -0.1) is 0 Å². The first-order valence-electron chi connectivity index (χ1n) is 16.8. The molecule has 4 heterocycles. The normalized spacial score (nSPS) is 18.6. The first-order chi connectivity index (χ1) is 25.4. The minimum Gasteiger partial charge on any atom is -0.497 e. The summed E-state index contributed by atoms with van der Waals surface area (Å²) in [4.78, 5) is 29.9. The number of rotatable bonds is 14. The molecule has 1 fully saturated rings. The van der Waals surface area contributed by atoms with Crippen molar-refractivity contribution in [2.45, 2.75) is 37.5 Å². The van der Waals surface area contributed by atoms with Gasteiger partial charge in [0.1, 0.15) is 48.4 Å². The minimum atomic E-state index is -1.21. The van der Waals surface area contributed by atoms with Crippen LogP contribution < -0.4 is 24.8 Å². The second-order valence-electron chi connectivity index (χ2n) is 12.3. The third-order valence-corrected chi connectivity index (χ3v) is 8.97. The van der Waals surface area contributed by atoms with Gasteiger partial charge in [0.2, 0.25) is 5.91 Å². The molecular weight excluding hydrogens is 666 g/mol. The Morgan fingerprint density at radius 3 is 2.60 bits per heavy atom. The number of benzene rings is 3. The predicted octanol–water partition coefficient (Wildman–Crippen LogP) is 4.01. The monoisotopic (exact) mass is 705 g/mol. The van der Waals surface area contributed by atoms with E-state index in [1.807, 2.05) is 54.7 Å². The summed E-state index contributed by atoms with van der Waals surface area (Å²) in [7, 11) is 3.09. The number of carbonyl (C=O) groups is 1. The van der Waals surface area contributed by atoms with Crippen molar-refractivity contribution >= 4 is 39.9 Å². The van der Waals surface area contributed by atoms with E-state index in [4.69, 9.17) is 18.9 Å². The third kappa shape index (κ3) is 7.39. The number of ether oxygens (including phenoxy) is 4. The Bertz CT molecular complexity index is 2160. The standard InChI is InChI=1S/C38H39N7O7/c1-49-27-14-24(15-28(16-27)50-2)8-11-32(47)44-33-35(48)31(19-46)52-38(33)45-22-43-34-36(41-21-42-37(34)45)39-13-12-25-18-40-30-10-9-26(17-29(25)30)51-20-23-6-4-3-5-7-23/h3-11,14-18,21-22,31,33,35,38,40,46,48H,12-13,19-20H2,1-2H3,(H,44,47)(H,39,41,42)/b11-8+/t31-,33-,35-,38-/m1/s1. The molecule has 6 aromatic rings. The molecule has 5 N–H and O–H groups in total. The van der Waals surface area contributed by atoms with Crippen LogP contribution in [0.2, 0.25) is 0 Å². The maximum atomic E-state index is 13.1. The van der Waals surface area contributed by atoms with Crippen LogP contribution in [-0.2, 0) is 22.6 Å². The highest BCUT2D eigenvalue weighted by Gasteiger charge is 2.45. The van der Waals surface area contributed by atoms with Gasteiger partial charge in [0.15, 0.2) is 23.2 Å². The summed E-state index contributed by atoms with van der Waals surface area (Å²) in [5.41, 5.74) is 4.83. The molecule has 0 radical (unpaired) electrons. The van der Waals surface area contributed by atoms with Crippen LogP contribution >= 0.6 is 0 Å². The van der Waals surface area contributed by atoms with Crippen LogP contribution in [0, 0.1) is 0 Å². The molecule has 52 heavy (non-hydrogen) atoms. The number of imidazole rings is 1. The Morgan fingerprint density at radius 2 is 1.83 bits per heavy atom. The number of anilines is 1. The molecule has 0 bridgehead atoms. The van der Waals surface area contributed by atoms with Crippen molar-refractivity contribution in [3.05, 3.63) is 108 Å². The van der Waals surface area contributed by atoms with Gasteiger partial charge in [0.25, 0.3) is 0 Å². The number of hydrogen-bond donors (Lipinski definition) is 5. The van der Waals surface area contributed by atoms with Gasteiger partial charge < -0.3 is 44.8 Å². The summed E-state index contributed by atoms with van der Waals surface area (Å²) in [6.45, 7) is 0.586. The zero-order chi connectivity index (χ0) is 36.0. The number of aliphatic hydroxyl groups excluding tert-OH is 2. The largest absolute Gasteiger partial charge is 0.497 e. The van der Waals surface area contributed by atoms with E-state index >= 15 is 0 Å². The lowest BCUT2D eigenvalue weighted by Gasteiger charge is -2.22. The van der Waals surface area contributed by atoms with E-state index in [0.717, 1.165) is 27.8 Å². The van der Waals surface area contributed by atoms with E-state index in [9.17, 15) is 15.0 Å². The summed E-state index contributed by atoms with van der Waals surface area (Å²) < 4.78 is 24.3. The molecular formula is C38H39N7O7. The van der Waals surface area contributed by atoms with Crippen molar-refractivity contribution in [2.24, 2.45) is 0 Å². The Kier molecular flexibility index (Phi) is 10.3. The van der Waals surface area contributed by atoms with Gasteiger partial charge in [-0.2, -0.15) is 0 Å². The minimum absolute atomic E-state index is 0.429. The molecule has 0 saturated carbocycles. The first-order valence-corrected chi connectivity index (χ1v) is 16.8. The summed E-state index contributed by atoms with van der Waals surface area (Å²) in [5.74, 6) is 1.98. The third-order valence-electron chi connectivity index (χ3n) is 8.97. The van der Waals surface area contributed by atoms with Crippen LogP contribution in [0.5, 0.6) is 17.2 Å². The van der Waals surface area contributed by atoms with Crippen molar-refractivity contribution < 1.29 is 34.0 Å². The number of H-pyrrole nitrogens is 1. The molecule has 0 aliphatic carbocycles. The summed E-state index contributed by atoms with van der Waals surface area (Å²) in [6, 6.07) is 20.4. The SMILES string of the molecule is COc1cc(/C=C/C(=O)N[C@@H]2[C@H](O)[C@@H](CO)O[C@H]2n2cnc3c(NCCc4c[nH]c5ccc(OCc6ccccc6)cc45)ncnc32)cc(OC)c1. The molecule has 14 heteroatoms. The Hall–Kier alpha value is -5.96. The predicted molar refractivity (Wildman–Crippen MR) is 194 cm³/mol. The fourth-order valence-corrected chi connectivity index (χ4v) is 6.28. The Morgan fingerprint density at radius 1 is 1.02 bits per heavy atom. The molecule has 1 saturated heterocycles. The quantitative estimate of drug-likeness (QED) is 0.104. The van der Waals surface area contributed by atoms with Crippen LogP contribution in [0.25, 0.3) is 28.1 Å². The van der Waals surface area contributed by atoms with E-state index in [1.165, 1.54) is 18.7 Å². The van der Waals surface area contributed by atoms with E-state index in [0.29, 0.717) is 53.6 Å². The lowest BCUT2D eigenvalue weighted by molar-refractivity contribution is -0.118. The van der Waals surface area contributed by atoms with Gasteiger partial charge >= 0.3 is 0 Å². The number of amides is 1. The molecule has 3 aromatic heterocycles. The molecule has 268 valence electrons. The number of aliphatic hydroxyl groups is 2. The average molecular weight is 706 g/mol. The Labute approximate surface area is 299 Å². The molecule has 1 aliphatic rings. The zero-order valence-electron chi connectivity index (χ0n) is 28.6. The van der Waals surface area contributed by atoms with Crippen LogP contribution in [0.15, 0.2) is 91.7 Å². The van der Waals surface area contributed by atoms with Crippen LogP contribution in [0.4, 0.5) is 5.82 Å². The number of carbonyl (C=O) groups excluding carboxylic acids is 1. The van der Waals surface area contributed by atoms with Gasteiger partial charge in [0.05, 0.1) is 27.2 Å². The van der Waals surface area contributed by atoms with Gasteiger partial charge in [-0.25, -0.2) is 15.0 Å². The summed E-state index contributed by atoms with van der Waals surface area (Å²) >= 11 is 0. The molecule has 1 amide bonds. The summed E-state index contributed by atoms with van der Waals surface area (Å²) in [6.07, 6.45) is 5.50. The second kappa shape index (κ2) is 15.5. The molecule has 3 aromatic carbocycles. The first kappa shape index (κ1) is 34.5. The number of fused-ring (bicyclic) bond motifs is 2. The molecule has 1 aliphatic heterocycles. The van der Waals surface area contributed by atoms with Crippen molar-refractivity contribution in [3.63, 3.8) is 0 Å². The highest BCUT2D eigenvalue weighted by atomic mass is 16.5. The van der Waals surface area contributed by atoms with E-state index in [-0.39, 0.29) is 0 Å². The molecule has 14 nitrogen and oxygen atoms in total. The van der Waals surface area contributed by atoms with E-state index in [1.54, 1.807) is 43.1 Å². The highest BCUT2D eigenvalue weighted by Crippen LogP contribution is 2.33. The van der Waals surface area contributed by atoms with Gasteiger partial charge in [-0.3, -0.25) is 9.36 Å². The molecule has 7 rings (SSSR count). The van der Waals surface area contributed by atoms with Crippen molar-refractivity contribution in [1.29, 1.82) is 0 Å². The van der Waals surface area contributed by atoms with Gasteiger partial charge in [-0.1, -0.05) is 30.3 Å². The van der Waals surface area contributed by atoms with E-state index < -0.39 is 37.0 Å². The van der Waals surface area contributed by atoms with Crippen LogP contribution in [0.1, 0.15) is 22.9 Å². The van der Waals surface area contributed by atoms with Gasteiger partial charge in [-0.05, 0) is 59.5 Å². The summed E-state index contributed by atoms with van der Waals surface area (Å²) in [5, 5.41) is 28.3. The fourth-order valence-electron chi connectivity index (χ4n) is 6.28. The van der Waals surface area contributed by atoms with Crippen LogP contribution in [-0.4, -0.2) is 86.2 Å². The lowest BCUT2D eigenvalue weighted by atomic mass is 10.1. The Balaban J connectivity index is 1.04. The number of methoxy groups -OCH3 is 2. The number of nitrogens with zero attached hydrogens (tertiary/aromatic N) is 4. The maximum absolute atomic E-state index is 13.1. The molecule has 0 unspecified atom stereocenters. The second-order valence-corrected chi connectivity index (χ2v) is 12.3. The molecule has 0 spiro atoms. The van der Waals surface area contributed by atoms with Crippen molar-refractivity contribution in [1.82, 2.24) is 29.8 Å². The lowest BCUT2D eigenvalue weighted by Crippen LogP contribution is -2.46. The number of aromatic nitrogens is 5. The zero-order valence-corrected chi connectivity index (χ0v) is 28.6. The van der Waals surface area contributed by atoms with E-state index in [2.05, 4.69) is 30.6 Å². The number of nitrogens with one attached hydrogen (secondary N) is 3.